The number of aromatic nitrogens is 1. The number of pyridine rings is 1. The number of benzene rings is 2. The number of rotatable bonds is 6. The summed E-state index contributed by atoms with van der Waals surface area (Å²) in [5.41, 5.74) is 0.0186. The minimum absolute atomic E-state index is 0.0340. The number of amides is 2. The number of anilines is 1. The zero-order chi connectivity index (χ0) is 23.6. The van der Waals surface area contributed by atoms with Crippen molar-refractivity contribution in [2.75, 3.05) is 12.4 Å². The van der Waals surface area contributed by atoms with E-state index >= 15 is 0 Å². The predicted octanol–water partition coefficient (Wildman–Crippen LogP) is 4.50. The number of hydrogen-bond donors (Lipinski definition) is 1. The van der Waals surface area contributed by atoms with Crippen LogP contribution in [0.15, 0.2) is 78.6 Å². The third-order valence-electron chi connectivity index (χ3n) is 5.05. The molecule has 1 N–H and O–H groups in total. The molecule has 9 heteroatoms. The van der Waals surface area contributed by atoms with Crippen LogP contribution >= 0.6 is 0 Å². The Morgan fingerprint density at radius 2 is 1.73 bits per heavy atom. The standard InChI is InChI=1S/C24H18F3N3O3/c1-33-19-10-8-15(9-11-19)20-21(29-17-7-4-5-16(13-17)24(25,26)27)23(32)30(22(20)31)14-18-6-2-3-12-28-18/h2-13,29H,14H2,1H3. The molecule has 33 heavy (non-hydrogen) atoms. The zero-order valence-electron chi connectivity index (χ0n) is 17.4. The molecule has 1 aliphatic heterocycles. The van der Waals surface area contributed by atoms with E-state index in [-0.39, 0.29) is 23.5 Å². The molecule has 3 aromatic rings. The summed E-state index contributed by atoms with van der Waals surface area (Å²) >= 11 is 0. The van der Waals surface area contributed by atoms with E-state index in [0.29, 0.717) is 17.0 Å². The fourth-order valence-corrected chi connectivity index (χ4v) is 3.43. The van der Waals surface area contributed by atoms with Crippen molar-refractivity contribution < 1.29 is 27.5 Å². The van der Waals surface area contributed by atoms with Gasteiger partial charge in [-0.1, -0.05) is 24.3 Å². The Morgan fingerprint density at radius 3 is 2.36 bits per heavy atom. The zero-order valence-corrected chi connectivity index (χ0v) is 17.4. The molecule has 1 aliphatic rings. The van der Waals surface area contributed by atoms with E-state index in [0.717, 1.165) is 17.0 Å². The molecule has 0 saturated heterocycles. The number of carbonyl (C=O) groups is 2. The molecule has 0 radical (unpaired) electrons. The van der Waals surface area contributed by atoms with Crippen molar-refractivity contribution in [2.45, 2.75) is 12.7 Å². The van der Waals surface area contributed by atoms with Crippen LogP contribution in [0.25, 0.3) is 5.57 Å². The van der Waals surface area contributed by atoms with Crippen molar-refractivity contribution in [3.05, 3.63) is 95.4 Å². The molecule has 0 aliphatic carbocycles. The van der Waals surface area contributed by atoms with Crippen LogP contribution in [0.1, 0.15) is 16.8 Å². The van der Waals surface area contributed by atoms with Gasteiger partial charge in [0.15, 0.2) is 0 Å². The van der Waals surface area contributed by atoms with Gasteiger partial charge in [0.2, 0.25) is 0 Å². The molecule has 2 amide bonds. The highest BCUT2D eigenvalue weighted by Gasteiger charge is 2.39. The monoisotopic (exact) mass is 453 g/mol. The van der Waals surface area contributed by atoms with Crippen LogP contribution in [-0.4, -0.2) is 28.8 Å². The highest BCUT2D eigenvalue weighted by molar-refractivity contribution is 6.36. The number of imide groups is 1. The normalized spacial score (nSPS) is 14.1. The first kappa shape index (κ1) is 22.1. The largest absolute Gasteiger partial charge is 0.497 e. The Hall–Kier alpha value is -4.14. The summed E-state index contributed by atoms with van der Waals surface area (Å²) in [6, 6.07) is 16.0. The van der Waals surface area contributed by atoms with Crippen LogP contribution in [0.5, 0.6) is 5.75 Å². The smallest absolute Gasteiger partial charge is 0.416 e. The van der Waals surface area contributed by atoms with Gasteiger partial charge >= 0.3 is 6.18 Å². The number of nitrogens with one attached hydrogen (secondary N) is 1. The number of carbonyl (C=O) groups excluding carboxylic acids is 2. The van der Waals surface area contributed by atoms with Gasteiger partial charge in [-0.3, -0.25) is 19.5 Å². The van der Waals surface area contributed by atoms with Crippen molar-refractivity contribution >= 4 is 23.1 Å². The van der Waals surface area contributed by atoms with E-state index in [9.17, 15) is 22.8 Å². The average molecular weight is 453 g/mol. The minimum atomic E-state index is -4.55. The number of halogens is 3. The summed E-state index contributed by atoms with van der Waals surface area (Å²) < 4.78 is 44.6. The van der Waals surface area contributed by atoms with Crippen molar-refractivity contribution in [3.8, 4) is 5.75 Å². The van der Waals surface area contributed by atoms with E-state index in [1.54, 1.807) is 48.7 Å². The molecule has 1 aromatic heterocycles. The van der Waals surface area contributed by atoms with Crippen LogP contribution in [0.2, 0.25) is 0 Å². The predicted molar refractivity (Wildman–Crippen MR) is 115 cm³/mol. The molecule has 0 atom stereocenters. The third-order valence-corrected chi connectivity index (χ3v) is 5.05. The SMILES string of the molecule is COc1ccc(C2=C(Nc3cccc(C(F)(F)F)c3)C(=O)N(Cc3ccccn3)C2=O)cc1. The molecular weight excluding hydrogens is 435 g/mol. The highest BCUT2D eigenvalue weighted by atomic mass is 19.4. The molecule has 0 fully saturated rings. The molecule has 0 saturated carbocycles. The van der Waals surface area contributed by atoms with Gasteiger partial charge < -0.3 is 10.1 Å². The third kappa shape index (κ3) is 4.57. The van der Waals surface area contributed by atoms with E-state index in [4.69, 9.17) is 4.74 Å². The van der Waals surface area contributed by atoms with E-state index in [1.165, 1.54) is 19.2 Å². The van der Waals surface area contributed by atoms with Gasteiger partial charge in [-0.15, -0.1) is 0 Å². The van der Waals surface area contributed by atoms with Crippen molar-refractivity contribution in [1.29, 1.82) is 0 Å². The highest BCUT2D eigenvalue weighted by Crippen LogP contribution is 2.34. The van der Waals surface area contributed by atoms with Crippen molar-refractivity contribution in [1.82, 2.24) is 9.88 Å². The maximum absolute atomic E-state index is 13.3. The first-order valence-electron chi connectivity index (χ1n) is 9.87. The molecule has 168 valence electrons. The van der Waals surface area contributed by atoms with Gasteiger partial charge in [0.25, 0.3) is 11.8 Å². The molecule has 0 unspecified atom stereocenters. The van der Waals surface area contributed by atoms with E-state index in [1.807, 2.05) is 0 Å². The number of methoxy groups -OCH3 is 1. The molecule has 2 aromatic carbocycles. The van der Waals surface area contributed by atoms with Gasteiger partial charge in [0.05, 0.1) is 30.5 Å². The second-order valence-corrected chi connectivity index (χ2v) is 7.20. The Bertz CT molecular complexity index is 1220. The van der Waals surface area contributed by atoms with E-state index < -0.39 is 23.6 Å². The molecule has 0 spiro atoms. The van der Waals surface area contributed by atoms with Crippen LogP contribution in [0, 0.1) is 0 Å². The summed E-state index contributed by atoms with van der Waals surface area (Å²) in [6.07, 6.45) is -3.01. The lowest BCUT2D eigenvalue weighted by atomic mass is 10.0. The number of alkyl halides is 3. The van der Waals surface area contributed by atoms with Gasteiger partial charge in [-0.2, -0.15) is 13.2 Å². The topological polar surface area (TPSA) is 71.5 Å². The average Bonchev–Trinajstić information content (AvgIpc) is 3.03. The Balaban J connectivity index is 1.75. The summed E-state index contributed by atoms with van der Waals surface area (Å²) in [6.45, 7) is -0.0774. The van der Waals surface area contributed by atoms with Crippen LogP contribution < -0.4 is 10.1 Å². The maximum atomic E-state index is 13.3. The summed E-state index contributed by atoms with van der Waals surface area (Å²) in [5, 5.41) is 2.74. The van der Waals surface area contributed by atoms with Gasteiger partial charge in [0.1, 0.15) is 11.4 Å². The number of nitrogens with zero attached hydrogens (tertiary/aromatic N) is 2. The van der Waals surface area contributed by atoms with Crippen molar-refractivity contribution in [2.24, 2.45) is 0 Å². The van der Waals surface area contributed by atoms with Crippen LogP contribution in [-0.2, 0) is 22.3 Å². The fraction of sp³-hybridized carbons (Fsp3) is 0.125. The summed E-state index contributed by atoms with van der Waals surface area (Å²) in [7, 11) is 1.49. The Morgan fingerprint density at radius 1 is 0.970 bits per heavy atom. The summed E-state index contributed by atoms with van der Waals surface area (Å²) in [4.78, 5) is 31.7. The van der Waals surface area contributed by atoms with Crippen LogP contribution in [0.4, 0.5) is 18.9 Å². The van der Waals surface area contributed by atoms with Gasteiger partial charge in [-0.25, -0.2) is 0 Å². The number of ether oxygens (including phenoxy) is 1. The number of hydrogen-bond acceptors (Lipinski definition) is 5. The summed E-state index contributed by atoms with van der Waals surface area (Å²) in [5.74, 6) is -0.687. The minimum Gasteiger partial charge on any atom is -0.497 e. The fourth-order valence-electron chi connectivity index (χ4n) is 3.43. The lowest BCUT2D eigenvalue weighted by Gasteiger charge is -2.15. The lowest BCUT2D eigenvalue weighted by molar-refractivity contribution is -0.138. The molecule has 0 bridgehead atoms. The first-order valence-corrected chi connectivity index (χ1v) is 9.87. The second-order valence-electron chi connectivity index (χ2n) is 7.20. The lowest BCUT2D eigenvalue weighted by Crippen LogP contribution is -2.32. The van der Waals surface area contributed by atoms with Gasteiger partial charge in [-0.05, 0) is 48.0 Å². The van der Waals surface area contributed by atoms with Gasteiger partial charge in [0, 0.05) is 11.9 Å². The Kier molecular flexibility index (Phi) is 5.87. The molecule has 2 heterocycles. The second kappa shape index (κ2) is 8.78. The maximum Gasteiger partial charge on any atom is 0.416 e. The molecule has 6 nitrogen and oxygen atoms in total. The molecular formula is C24H18F3N3O3. The van der Waals surface area contributed by atoms with Crippen LogP contribution in [0.3, 0.4) is 0 Å². The van der Waals surface area contributed by atoms with E-state index in [2.05, 4.69) is 10.3 Å². The van der Waals surface area contributed by atoms with Crippen molar-refractivity contribution in [3.63, 3.8) is 0 Å². The first-order chi connectivity index (χ1) is 15.8. The molecule has 4 rings (SSSR count). The quantitative estimate of drug-likeness (QED) is 0.557. The Labute approximate surface area is 187 Å².